The lowest BCUT2D eigenvalue weighted by molar-refractivity contribution is 0.144. The number of aromatic nitrogens is 1. The SMILES string of the molecule is OCc1cnc(N2CCC3(CCCCC3)CC2)s1. The van der Waals surface area contributed by atoms with Gasteiger partial charge in [0, 0.05) is 19.3 Å². The summed E-state index contributed by atoms with van der Waals surface area (Å²) in [5.41, 5.74) is 0.659. The molecular formula is C14H22N2OS. The van der Waals surface area contributed by atoms with Gasteiger partial charge in [-0.15, -0.1) is 0 Å². The Balaban J connectivity index is 1.62. The summed E-state index contributed by atoms with van der Waals surface area (Å²) in [5.74, 6) is 0. The van der Waals surface area contributed by atoms with Crippen LogP contribution in [0.1, 0.15) is 49.8 Å². The van der Waals surface area contributed by atoms with Crippen molar-refractivity contribution in [1.29, 1.82) is 0 Å². The molecule has 1 N–H and O–H groups in total. The second kappa shape index (κ2) is 5.17. The fourth-order valence-corrected chi connectivity index (χ4v) is 4.31. The van der Waals surface area contributed by atoms with Gasteiger partial charge in [-0.1, -0.05) is 30.6 Å². The van der Waals surface area contributed by atoms with Crippen LogP contribution in [0.5, 0.6) is 0 Å². The fraction of sp³-hybridized carbons (Fsp3) is 0.786. The Morgan fingerprint density at radius 3 is 2.50 bits per heavy atom. The van der Waals surface area contributed by atoms with Crippen LogP contribution in [0.25, 0.3) is 0 Å². The number of rotatable bonds is 2. The lowest BCUT2D eigenvalue weighted by Crippen LogP contribution is -2.41. The molecule has 0 amide bonds. The maximum absolute atomic E-state index is 9.10. The van der Waals surface area contributed by atoms with E-state index in [4.69, 9.17) is 5.11 Å². The molecule has 1 aliphatic heterocycles. The van der Waals surface area contributed by atoms with Crippen LogP contribution in [0.2, 0.25) is 0 Å². The molecule has 1 aromatic heterocycles. The highest BCUT2D eigenvalue weighted by Gasteiger charge is 2.35. The van der Waals surface area contributed by atoms with E-state index in [1.807, 2.05) is 6.20 Å². The molecule has 4 heteroatoms. The molecular weight excluding hydrogens is 244 g/mol. The van der Waals surface area contributed by atoms with Crippen molar-refractivity contribution in [1.82, 2.24) is 4.98 Å². The van der Waals surface area contributed by atoms with Gasteiger partial charge in [0.1, 0.15) is 0 Å². The number of thiazole rings is 1. The van der Waals surface area contributed by atoms with Crippen LogP contribution in [0.15, 0.2) is 6.20 Å². The molecule has 1 spiro atoms. The minimum absolute atomic E-state index is 0.120. The Morgan fingerprint density at radius 2 is 1.89 bits per heavy atom. The van der Waals surface area contributed by atoms with Crippen LogP contribution < -0.4 is 4.90 Å². The van der Waals surface area contributed by atoms with Gasteiger partial charge in [0.05, 0.1) is 11.5 Å². The van der Waals surface area contributed by atoms with Crippen LogP contribution >= 0.6 is 11.3 Å². The van der Waals surface area contributed by atoms with Gasteiger partial charge in [-0.05, 0) is 31.1 Å². The summed E-state index contributed by atoms with van der Waals surface area (Å²) < 4.78 is 0. The Morgan fingerprint density at radius 1 is 1.17 bits per heavy atom. The molecule has 2 fully saturated rings. The molecule has 1 saturated carbocycles. The van der Waals surface area contributed by atoms with Gasteiger partial charge in [0.2, 0.25) is 0 Å². The molecule has 2 heterocycles. The molecule has 1 aromatic rings. The lowest BCUT2D eigenvalue weighted by atomic mass is 9.68. The summed E-state index contributed by atoms with van der Waals surface area (Å²) in [6.45, 7) is 2.42. The number of hydrogen-bond acceptors (Lipinski definition) is 4. The zero-order valence-electron chi connectivity index (χ0n) is 10.9. The number of aliphatic hydroxyl groups is 1. The Hall–Kier alpha value is -0.610. The first-order valence-electron chi connectivity index (χ1n) is 7.12. The Labute approximate surface area is 113 Å². The van der Waals surface area contributed by atoms with E-state index in [9.17, 15) is 0 Å². The molecule has 0 atom stereocenters. The zero-order valence-corrected chi connectivity index (χ0v) is 11.7. The van der Waals surface area contributed by atoms with Crippen molar-refractivity contribution in [2.75, 3.05) is 18.0 Å². The second-order valence-corrected chi connectivity index (χ2v) is 6.91. The van der Waals surface area contributed by atoms with Crippen LogP contribution in [0.3, 0.4) is 0 Å². The predicted octanol–water partition coefficient (Wildman–Crippen LogP) is 3.19. The van der Waals surface area contributed by atoms with Crippen molar-refractivity contribution in [3.8, 4) is 0 Å². The molecule has 3 nitrogen and oxygen atoms in total. The third kappa shape index (κ3) is 2.41. The molecule has 0 aromatic carbocycles. The molecule has 1 aliphatic carbocycles. The van der Waals surface area contributed by atoms with Gasteiger partial charge in [-0.3, -0.25) is 0 Å². The molecule has 1 saturated heterocycles. The number of aliphatic hydroxyl groups excluding tert-OH is 1. The van der Waals surface area contributed by atoms with Crippen LogP contribution in [-0.2, 0) is 6.61 Å². The summed E-state index contributed by atoms with van der Waals surface area (Å²) in [6, 6.07) is 0. The molecule has 18 heavy (non-hydrogen) atoms. The van der Waals surface area contributed by atoms with Gasteiger partial charge in [0.15, 0.2) is 5.13 Å². The summed E-state index contributed by atoms with van der Waals surface area (Å²) >= 11 is 1.64. The number of piperidine rings is 1. The minimum atomic E-state index is 0.120. The van der Waals surface area contributed by atoms with Crippen LogP contribution in [0.4, 0.5) is 5.13 Å². The highest BCUT2D eigenvalue weighted by Crippen LogP contribution is 2.45. The van der Waals surface area contributed by atoms with E-state index in [-0.39, 0.29) is 6.61 Å². The summed E-state index contributed by atoms with van der Waals surface area (Å²) in [5, 5.41) is 10.2. The minimum Gasteiger partial charge on any atom is -0.391 e. The molecule has 2 aliphatic rings. The number of hydrogen-bond donors (Lipinski definition) is 1. The smallest absolute Gasteiger partial charge is 0.185 e. The van der Waals surface area contributed by atoms with Gasteiger partial charge in [-0.25, -0.2) is 4.98 Å². The van der Waals surface area contributed by atoms with Crippen molar-refractivity contribution in [3.63, 3.8) is 0 Å². The quantitative estimate of drug-likeness (QED) is 0.893. The van der Waals surface area contributed by atoms with Crippen molar-refractivity contribution >= 4 is 16.5 Å². The molecule has 3 rings (SSSR count). The van der Waals surface area contributed by atoms with E-state index < -0.39 is 0 Å². The standard InChI is InChI=1S/C14H22N2OS/c17-11-12-10-15-13(18-12)16-8-6-14(7-9-16)4-2-1-3-5-14/h10,17H,1-9,11H2. The predicted molar refractivity (Wildman–Crippen MR) is 75.0 cm³/mol. The lowest BCUT2D eigenvalue weighted by Gasteiger charge is -2.44. The second-order valence-electron chi connectivity index (χ2n) is 5.81. The van der Waals surface area contributed by atoms with Gasteiger partial charge >= 0.3 is 0 Å². The summed E-state index contributed by atoms with van der Waals surface area (Å²) in [7, 11) is 0. The number of nitrogens with zero attached hydrogens (tertiary/aromatic N) is 2. The van der Waals surface area contributed by atoms with Gasteiger partial charge < -0.3 is 10.0 Å². The average Bonchev–Trinajstić information content (AvgIpc) is 2.89. The summed E-state index contributed by atoms with van der Waals surface area (Å²) in [4.78, 5) is 7.81. The molecule has 100 valence electrons. The van der Waals surface area contributed by atoms with E-state index >= 15 is 0 Å². The van der Waals surface area contributed by atoms with Gasteiger partial charge in [-0.2, -0.15) is 0 Å². The Kier molecular flexibility index (Phi) is 3.57. The third-order valence-electron chi connectivity index (χ3n) is 4.71. The van der Waals surface area contributed by atoms with Crippen molar-refractivity contribution < 1.29 is 5.11 Å². The van der Waals surface area contributed by atoms with Crippen molar-refractivity contribution in [3.05, 3.63) is 11.1 Å². The molecule has 0 bridgehead atoms. The van der Waals surface area contributed by atoms with E-state index in [1.165, 1.54) is 44.9 Å². The maximum atomic E-state index is 9.10. The fourth-order valence-electron chi connectivity index (χ4n) is 3.49. The van der Waals surface area contributed by atoms with Crippen LogP contribution in [-0.4, -0.2) is 23.2 Å². The first-order chi connectivity index (χ1) is 8.81. The van der Waals surface area contributed by atoms with Crippen LogP contribution in [0, 0.1) is 5.41 Å². The third-order valence-corrected chi connectivity index (χ3v) is 5.75. The van der Waals surface area contributed by atoms with E-state index in [0.29, 0.717) is 5.41 Å². The Bertz CT molecular complexity index is 388. The first kappa shape index (κ1) is 12.4. The molecule has 0 unspecified atom stereocenters. The van der Waals surface area contributed by atoms with E-state index in [1.54, 1.807) is 11.3 Å². The normalized spacial score (nSPS) is 23.5. The monoisotopic (exact) mass is 266 g/mol. The zero-order chi connectivity index (χ0) is 12.4. The van der Waals surface area contributed by atoms with E-state index in [0.717, 1.165) is 23.1 Å². The van der Waals surface area contributed by atoms with Crippen molar-refractivity contribution in [2.24, 2.45) is 5.41 Å². The average molecular weight is 266 g/mol. The first-order valence-corrected chi connectivity index (χ1v) is 7.94. The maximum Gasteiger partial charge on any atom is 0.185 e. The molecule has 0 radical (unpaired) electrons. The van der Waals surface area contributed by atoms with E-state index in [2.05, 4.69) is 9.88 Å². The highest BCUT2D eigenvalue weighted by atomic mass is 32.1. The summed E-state index contributed by atoms with van der Waals surface area (Å²) in [6.07, 6.45) is 11.7. The number of anilines is 1. The topological polar surface area (TPSA) is 36.4 Å². The largest absolute Gasteiger partial charge is 0.391 e. The highest BCUT2D eigenvalue weighted by molar-refractivity contribution is 7.15. The van der Waals surface area contributed by atoms with Gasteiger partial charge in [0.25, 0.3) is 0 Å². The van der Waals surface area contributed by atoms with Crippen molar-refractivity contribution in [2.45, 2.75) is 51.6 Å².